The summed E-state index contributed by atoms with van der Waals surface area (Å²) >= 11 is 0. The Morgan fingerprint density at radius 2 is 2.27 bits per heavy atom. The summed E-state index contributed by atoms with van der Waals surface area (Å²) in [5, 5.41) is 12.0. The van der Waals surface area contributed by atoms with E-state index < -0.39 is 5.82 Å². The van der Waals surface area contributed by atoms with Crippen LogP contribution in [0.15, 0.2) is 18.2 Å². The summed E-state index contributed by atoms with van der Waals surface area (Å²) < 4.78 is 13.3. The molecular weight excluding hydrogens is 191 g/mol. The molecule has 1 aromatic carbocycles. The first kappa shape index (κ1) is 9.97. The number of hydrogen-bond donors (Lipinski definition) is 1. The summed E-state index contributed by atoms with van der Waals surface area (Å²) in [5.74, 6) is 0.227. The lowest BCUT2D eigenvalue weighted by Gasteiger charge is -2.15. The number of anilines is 1. The van der Waals surface area contributed by atoms with Crippen LogP contribution in [0.2, 0.25) is 0 Å². The third kappa shape index (κ3) is 2.10. The first-order valence-electron chi connectivity index (χ1n) is 5.17. The third-order valence-electron chi connectivity index (χ3n) is 2.84. The van der Waals surface area contributed by atoms with E-state index >= 15 is 0 Å². The second-order valence-corrected chi connectivity index (χ2v) is 4.04. The molecule has 2 rings (SSSR count). The van der Waals surface area contributed by atoms with Crippen molar-refractivity contribution in [2.75, 3.05) is 5.32 Å². The molecule has 1 atom stereocenters. The van der Waals surface area contributed by atoms with E-state index in [1.807, 2.05) is 6.07 Å². The van der Waals surface area contributed by atoms with Crippen LogP contribution in [0.1, 0.15) is 25.3 Å². The van der Waals surface area contributed by atoms with Crippen molar-refractivity contribution in [3.05, 3.63) is 29.6 Å². The van der Waals surface area contributed by atoms with E-state index in [0.29, 0.717) is 17.6 Å². The molecule has 1 aliphatic rings. The van der Waals surface area contributed by atoms with Gasteiger partial charge in [0.1, 0.15) is 17.4 Å². The average Bonchev–Trinajstić information content (AvgIpc) is 3.01. The first-order chi connectivity index (χ1) is 7.22. The molecule has 0 saturated heterocycles. The second kappa shape index (κ2) is 3.90. The number of benzene rings is 1. The topological polar surface area (TPSA) is 35.8 Å². The van der Waals surface area contributed by atoms with E-state index in [-0.39, 0.29) is 5.56 Å². The van der Waals surface area contributed by atoms with Crippen LogP contribution in [0.3, 0.4) is 0 Å². The Balaban J connectivity index is 2.20. The molecule has 0 amide bonds. The molecule has 1 aliphatic carbocycles. The minimum absolute atomic E-state index is 0.116. The quantitative estimate of drug-likeness (QED) is 0.821. The van der Waals surface area contributed by atoms with Crippen LogP contribution in [0, 0.1) is 23.1 Å². The fraction of sp³-hybridized carbons (Fsp3) is 0.417. The Labute approximate surface area is 88.7 Å². The van der Waals surface area contributed by atoms with Crippen LogP contribution in [-0.2, 0) is 0 Å². The Morgan fingerprint density at radius 1 is 1.53 bits per heavy atom. The first-order valence-corrected chi connectivity index (χ1v) is 5.17. The molecule has 0 heterocycles. The number of hydrogen-bond acceptors (Lipinski definition) is 2. The van der Waals surface area contributed by atoms with Crippen LogP contribution < -0.4 is 5.32 Å². The van der Waals surface area contributed by atoms with Gasteiger partial charge in [0.25, 0.3) is 0 Å². The lowest BCUT2D eigenvalue weighted by molar-refractivity contribution is 0.622. The fourth-order valence-electron chi connectivity index (χ4n) is 1.72. The van der Waals surface area contributed by atoms with Gasteiger partial charge in [0.05, 0.1) is 5.69 Å². The zero-order chi connectivity index (χ0) is 10.8. The molecule has 78 valence electrons. The van der Waals surface area contributed by atoms with E-state index in [1.165, 1.54) is 18.9 Å². The van der Waals surface area contributed by atoms with Crippen molar-refractivity contribution < 1.29 is 4.39 Å². The van der Waals surface area contributed by atoms with Gasteiger partial charge in [-0.3, -0.25) is 0 Å². The lowest BCUT2D eigenvalue weighted by Crippen LogP contribution is -2.18. The maximum atomic E-state index is 13.3. The highest BCUT2D eigenvalue weighted by Crippen LogP contribution is 2.34. The number of rotatable bonds is 3. The Kier molecular flexibility index (Phi) is 2.59. The minimum Gasteiger partial charge on any atom is -0.381 e. The lowest BCUT2D eigenvalue weighted by atomic mass is 10.1. The fourth-order valence-corrected chi connectivity index (χ4v) is 1.72. The standard InChI is InChI=1S/C12H13FN2/c1-8(9-5-6-9)15-12-4-2-3-11(13)10(12)7-14/h2-4,8-9,15H,5-6H2,1H3. The molecule has 0 aromatic heterocycles. The van der Waals surface area contributed by atoms with Crippen molar-refractivity contribution in [2.45, 2.75) is 25.8 Å². The maximum Gasteiger partial charge on any atom is 0.143 e. The predicted molar refractivity (Wildman–Crippen MR) is 56.9 cm³/mol. The average molecular weight is 204 g/mol. The third-order valence-corrected chi connectivity index (χ3v) is 2.84. The molecule has 1 aromatic rings. The molecule has 0 bridgehead atoms. The maximum absolute atomic E-state index is 13.3. The van der Waals surface area contributed by atoms with Crippen LogP contribution in [0.5, 0.6) is 0 Å². The summed E-state index contributed by atoms with van der Waals surface area (Å²) in [6, 6.07) is 6.89. The Morgan fingerprint density at radius 3 is 2.87 bits per heavy atom. The summed E-state index contributed by atoms with van der Waals surface area (Å²) in [6.07, 6.45) is 2.46. The van der Waals surface area contributed by atoms with E-state index in [2.05, 4.69) is 12.2 Å². The smallest absolute Gasteiger partial charge is 0.143 e. The monoisotopic (exact) mass is 204 g/mol. The summed E-state index contributed by atoms with van der Waals surface area (Å²) in [4.78, 5) is 0. The van der Waals surface area contributed by atoms with E-state index in [9.17, 15) is 4.39 Å². The van der Waals surface area contributed by atoms with Crippen LogP contribution in [0.4, 0.5) is 10.1 Å². The van der Waals surface area contributed by atoms with Crippen LogP contribution in [-0.4, -0.2) is 6.04 Å². The largest absolute Gasteiger partial charge is 0.381 e. The molecule has 15 heavy (non-hydrogen) atoms. The molecule has 1 N–H and O–H groups in total. The molecule has 1 saturated carbocycles. The van der Waals surface area contributed by atoms with Crippen molar-refractivity contribution in [1.29, 1.82) is 5.26 Å². The molecule has 0 aliphatic heterocycles. The second-order valence-electron chi connectivity index (χ2n) is 4.04. The van der Waals surface area contributed by atoms with E-state index in [4.69, 9.17) is 5.26 Å². The summed E-state index contributed by atoms with van der Waals surface area (Å²) in [7, 11) is 0. The molecule has 1 fully saturated rings. The van der Waals surface area contributed by atoms with Gasteiger partial charge in [-0.15, -0.1) is 0 Å². The van der Waals surface area contributed by atoms with Gasteiger partial charge in [0, 0.05) is 6.04 Å². The number of nitrogens with zero attached hydrogens (tertiary/aromatic N) is 1. The molecule has 0 spiro atoms. The number of halogens is 1. The van der Waals surface area contributed by atoms with Crippen molar-refractivity contribution in [3.63, 3.8) is 0 Å². The summed E-state index contributed by atoms with van der Waals surface area (Å²) in [5.41, 5.74) is 0.724. The van der Waals surface area contributed by atoms with Gasteiger partial charge >= 0.3 is 0 Å². The Bertz CT molecular complexity index is 405. The van der Waals surface area contributed by atoms with Crippen LogP contribution >= 0.6 is 0 Å². The highest BCUT2D eigenvalue weighted by Gasteiger charge is 2.28. The Hall–Kier alpha value is -1.56. The highest BCUT2D eigenvalue weighted by atomic mass is 19.1. The van der Waals surface area contributed by atoms with Crippen molar-refractivity contribution >= 4 is 5.69 Å². The molecule has 2 nitrogen and oxygen atoms in total. The number of nitriles is 1. The molecule has 1 unspecified atom stereocenters. The van der Waals surface area contributed by atoms with Gasteiger partial charge in [0.2, 0.25) is 0 Å². The van der Waals surface area contributed by atoms with Gasteiger partial charge < -0.3 is 5.32 Å². The van der Waals surface area contributed by atoms with Gasteiger partial charge in [-0.05, 0) is 37.8 Å². The minimum atomic E-state index is -0.453. The molecule has 0 radical (unpaired) electrons. The molecule has 3 heteroatoms. The van der Waals surface area contributed by atoms with E-state index in [0.717, 1.165) is 0 Å². The van der Waals surface area contributed by atoms with Gasteiger partial charge in [-0.2, -0.15) is 5.26 Å². The van der Waals surface area contributed by atoms with Gasteiger partial charge in [-0.1, -0.05) is 6.07 Å². The summed E-state index contributed by atoms with van der Waals surface area (Å²) in [6.45, 7) is 2.07. The van der Waals surface area contributed by atoms with Crippen molar-refractivity contribution in [3.8, 4) is 6.07 Å². The normalized spacial score (nSPS) is 16.9. The van der Waals surface area contributed by atoms with Gasteiger partial charge in [0.15, 0.2) is 0 Å². The highest BCUT2D eigenvalue weighted by molar-refractivity contribution is 5.58. The van der Waals surface area contributed by atoms with Crippen LogP contribution in [0.25, 0.3) is 0 Å². The predicted octanol–water partition coefficient (Wildman–Crippen LogP) is 2.91. The van der Waals surface area contributed by atoms with E-state index in [1.54, 1.807) is 12.1 Å². The number of nitrogens with one attached hydrogen (secondary N) is 1. The zero-order valence-electron chi connectivity index (χ0n) is 8.63. The molecular formula is C12H13FN2. The van der Waals surface area contributed by atoms with Gasteiger partial charge in [-0.25, -0.2) is 4.39 Å². The zero-order valence-corrected chi connectivity index (χ0v) is 8.63. The van der Waals surface area contributed by atoms with Crippen molar-refractivity contribution in [1.82, 2.24) is 0 Å². The SMILES string of the molecule is CC(Nc1cccc(F)c1C#N)C1CC1. The van der Waals surface area contributed by atoms with Crippen molar-refractivity contribution in [2.24, 2.45) is 5.92 Å².